The lowest BCUT2D eigenvalue weighted by Gasteiger charge is -2.26. The second kappa shape index (κ2) is 38.3. The van der Waals surface area contributed by atoms with Gasteiger partial charge in [-0.2, -0.15) is 11.8 Å². The number of hydrogen-bond acceptors (Lipinski definition) is 14. The summed E-state index contributed by atoms with van der Waals surface area (Å²) in [6.07, 6.45) is 13.1. The van der Waals surface area contributed by atoms with Gasteiger partial charge in [0.2, 0.25) is 65.0 Å². The van der Waals surface area contributed by atoms with E-state index in [0.29, 0.717) is 42.9 Å². The summed E-state index contributed by atoms with van der Waals surface area (Å²) < 4.78 is 0. The van der Waals surface area contributed by atoms with Gasteiger partial charge in [-0.15, -0.1) is 0 Å². The highest BCUT2D eigenvalue weighted by molar-refractivity contribution is 7.98. The maximum absolute atomic E-state index is 14.2. The van der Waals surface area contributed by atoms with E-state index in [2.05, 4.69) is 62.8 Å². The Labute approximate surface area is 495 Å². The van der Waals surface area contributed by atoms with Gasteiger partial charge < -0.3 is 75.0 Å². The Kier molecular flexibility index (Phi) is 32.3. The Morgan fingerprint density at radius 3 is 1.85 bits per heavy atom. The molecule has 0 saturated heterocycles. The first-order valence-electron chi connectivity index (χ1n) is 29.0. The molecule has 7 atom stereocenters. The first kappa shape index (κ1) is 70.7. The van der Waals surface area contributed by atoms with Gasteiger partial charge in [0.25, 0.3) is 0 Å². The predicted molar refractivity (Wildman–Crippen MR) is 320 cm³/mol. The van der Waals surface area contributed by atoms with Crippen molar-refractivity contribution >= 4 is 87.6 Å². The highest BCUT2D eigenvalue weighted by atomic mass is 32.2. The molecule has 0 spiro atoms. The van der Waals surface area contributed by atoms with Crippen LogP contribution in [0, 0.1) is 11.8 Å². The average Bonchev–Trinajstić information content (AvgIpc) is 3.98. The number of primary amides is 2. The van der Waals surface area contributed by atoms with Gasteiger partial charge in [0, 0.05) is 67.6 Å². The summed E-state index contributed by atoms with van der Waals surface area (Å²) in [4.78, 5) is 156. The molecule has 0 aliphatic rings. The van der Waals surface area contributed by atoms with Crippen molar-refractivity contribution in [1.82, 2.24) is 62.8 Å². The Balaban J connectivity index is 1.68. The molecular weight excluding hydrogens is 1100 g/mol. The molecule has 0 saturated carbocycles. The van der Waals surface area contributed by atoms with Crippen LogP contribution in [-0.2, 0) is 65.6 Å². The van der Waals surface area contributed by atoms with Crippen LogP contribution in [0.1, 0.15) is 136 Å². The molecule has 2 aromatic heterocycles. The van der Waals surface area contributed by atoms with E-state index < -0.39 is 114 Å². The van der Waals surface area contributed by atoms with Gasteiger partial charge in [-0.05, 0) is 93.9 Å². The number of aromatic nitrogens is 3. The first-order chi connectivity index (χ1) is 40.0. The summed E-state index contributed by atoms with van der Waals surface area (Å²) in [5.74, 6) is -7.22. The molecular formula is C57H91N15O11S. The third kappa shape index (κ3) is 26.8. The molecule has 0 aliphatic heterocycles. The number of fused-ring (bicyclic) bond motifs is 1. The fourth-order valence-corrected chi connectivity index (χ4v) is 9.47. The number of aromatic amines is 2. The minimum Gasteiger partial charge on any atom is -0.370 e. The van der Waals surface area contributed by atoms with E-state index in [4.69, 9.17) is 17.2 Å². The number of H-pyrrole nitrogens is 2. The molecule has 27 heteroatoms. The van der Waals surface area contributed by atoms with Gasteiger partial charge in [-0.3, -0.25) is 52.7 Å². The molecule has 0 fully saturated rings. The van der Waals surface area contributed by atoms with Gasteiger partial charge in [-0.25, -0.2) is 4.98 Å². The number of carbonyl (C=O) groups excluding carboxylic acids is 11. The minimum atomic E-state index is -1.33. The number of benzene rings is 1. The Bertz CT molecular complexity index is 2610. The van der Waals surface area contributed by atoms with Gasteiger partial charge in [0.05, 0.1) is 12.9 Å². The van der Waals surface area contributed by atoms with Crippen molar-refractivity contribution in [1.29, 1.82) is 0 Å². The number of nitrogens with one attached hydrogen (secondary N) is 11. The van der Waals surface area contributed by atoms with Crippen molar-refractivity contribution < 1.29 is 52.7 Å². The van der Waals surface area contributed by atoms with Crippen molar-refractivity contribution in [2.45, 2.75) is 180 Å². The highest BCUT2D eigenvalue weighted by Gasteiger charge is 2.34. The number of unbranched alkanes of at least 4 members (excludes halogenated alkanes) is 6. The molecule has 0 aliphatic carbocycles. The summed E-state index contributed by atoms with van der Waals surface area (Å²) in [7, 11) is 0. The fraction of sp³-hybridized carbons (Fsp3) is 0.614. The Morgan fingerprint density at radius 2 is 1.19 bits per heavy atom. The molecule has 2 heterocycles. The molecule has 17 N–H and O–H groups in total. The third-order valence-electron chi connectivity index (χ3n) is 13.7. The molecule has 3 aromatic rings. The van der Waals surface area contributed by atoms with Crippen LogP contribution in [0.15, 0.2) is 43.0 Å². The van der Waals surface area contributed by atoms with E-state index in [1.165, 1.54) is 31.2 Å². The van der Waals surface area contributed by atoms with Crippen LogP contribution in [0.25, 0.3) is 10.9 Å². The molecule has 11 amide bonds. The quantitative estimate of drug-likeness (QED) is 0.0342. The van der Waals surface area contributed by atoms with E-state index in [0.717, 1.165) is 55.8 Å². The number of hydrogen-bond donors (Lipinski definition) is 14. The Morgan fingerprint density at radius 1 is 0.583 bits per heavy atom. The van der Waals surface area contributed by atoms with E-state index in [1.807, 2.05) is 44.4 Å². The molecule has 466 valence electrons. The average molecular weight is 1190 g/mol. The fourth-order valence-electron chi connectivity index (χ4n) is 9.00. The normalized spacial score (nSPS) is 13.7. The summed E-state index contributed by atoms with van der Waals surface area (Å²) in [5, 5.41) is 24.8. The second-order valence-corrected chi connectivity index (χ2v) is 22.7. The molecule has 26 nitrogen and oxygen atoms in total. The number of para-hydroxylation sites is 1. The van der Waals surface area contributed by atoms with E-state index in [9.17, 15) is 52.7 Å². The van der Waals surface area contributed by atoms with Crippen LogP contribution in [0.5, 0.6) is 0 Å². The number of nitrogens with two attached hydrogens (primary N) is 3. The van der Waals surface area contributed by atoms with Gasteiger partial charge in [-0.1, -0.05) is 71.6 Å². The molecule has 3 rings (SSSR count). The Hall–Kier alpha value is -7.55. The van der Waals surface area contributed by atoms with Crippen molar-refractivity contribution in [2.75, 3.05) is 31.6 Å². The maximum atomic E-state index is 14.2. The van der Waals surface area contributed by atoms with Crippen LogP contribution >= 0.6 is 11.8 Å². The number of rotatable bonds is 42. The highest BCUT2D eigenvalue weighted by Crippen LogP contribution is 2.20. The number of amides is 11. The van der Waals surface area contributed by atoms with Gasteiger partial charge in [0.15, 0.2) is 0 Å². The lowest BCUT2D eigenvalue weighted by molar-refractivity contribution is -0.135. The lowest BCUT2D eigenvalue weighted by Crippen LogP contribution is -2.59. The summed E-state index contributed by atoms with van der Waals surface area (Å²) >= 11 is 1.47. The second-order valence-electron chi connectivity index (χ2n) is 21.7. The van der Waals surface area contributed by atoms with Crippen LogP contribution in [0.2, 0.25) is 0 Å². The zero-order chi connectivity index (χ0) is 62.1. The van der Waals surface area contributed by atoms with Crippen molar-refractivity contribution in [2.24, 2.45) is 29.0 Å². The maximum Gasteiger partial charge on any atom is 0.243 e. The van der Waals surface area contributed by atoms with E-state index >= 15 is 0 Å². The number of carbonyl (C=O) groups is 11. The zero-order valence-electron chi connectivity index (χ0n) is 49.5. The summed E-state index contributed by atoms with van der Waals surface area (Å²) in [6, 6.07) is -1.17. The molecule has 0 unspecified atom stereocenters. The monoisotopic (exact) mass is 1190 g/mol. The van der Waals surface area contributed by atoms with Crippen LogP contribution in [0.4, 0.5) is 0 Å². The molecule has 0 bridgehead atoms. The van der Waals surface area contributed by atoms with Crippen LogP contribution < -0.4 is 65.1 Å². The lowest BCUT2D eigenvalue weighted by atomic mass is 10.0. The largest absolute Gasteiger partial charge is 0.370 e. The van der Waals surface area contributed by atoms with Crippen LogP contribution in [-0.4, -0.2) is 154 Å². The van der Waals surface area contributed by atoms with Crippen molar-refractivity contribution in [3.05, 3.63) is 54.2 Å². The molecule has 1 aromatic carbocycles. The van der Waals surface area contributed by atoms with Crippen molar-refractivity contribution in [3.63, 3.8) is 0 Å². The topological polar surface area (TPSA) is 419 Å². The number of nitrogens with zero attached hydrogens (tertiary/aromatic N) is 1. The van der Waals surface area contributed by atoms with Crippen molar-refractivity contribution in [3.8, 4) is 0 Å². The molecule has 0 radical (unpaired) electrons. The first-order valence-corrected chi connectivity index (χ1v) is 30.4. The SMILES string of the molecule is CSCC[C@H](NC(=O)[C@H](CC(C)C)NC(=O)[C@H](Cc1cnc[nH]1)NC(=O)CNC(=O)[C@@H](NC(=O)[C@H](C)NC(=O)[C@H](Cc1c[nH]c2ccccc12)NC(=O)[C@H](CCC(N)=O)NC(=O)CCCCCCCNC(=O)CCCCCN)C(C)C)C(N)=O. The number of thioether (sulfide) groups is 1. The van der Waals surface area contributed by atoms with Gasteiger partial charge in [0.1, 0.15) is 42.3 Å². The number of imidazole rings is 1. The predicted octanol–water partition coefficient (Wildman–Crippen LogP) is 0.388. The van der Waals surface area contributed by atoms with Gasteiger partial charge >= 0.3 is 0 Å². The zero-order valence-corrected chi connectivity index (χ0v) is 50.3. The van der Waals surface area contributed by atoms with E-state index in [1.54, 1.807) is 20.0 Å². The summed E-state index contributed by atoms with van der Waals surface area (Å²) in [5.41, 5.74) is 18.4. The summed E-state index contributed by atoms with van der Waals surface area (Å²) in [6.45, 7) is 8.90. The smallest absolute Gasteiger partial charge is 0.243 e. The van der Waals surface area contributed by atoms with E-state index in [-0.39, 0.29) is 56.8 Å². The third-order valence-corrected chi connectivity index (χ3v) is 14.4. The van der Waals surface area contributed by atoms with Crippen LogP contribution in [0.3, 0.4) is 0 Å². The molecule has 84 heavy (non-hydrogen) atoms. The minimum absolute atomic E-state index is 0.0163. The standard InChI is InChI=1S/C57H91N15O11S/c1-34(2)27-43(55(81)69-41(51(60)77)23-26-84-6)70-56(82)45(29-38-31-61-33-65-38)68-49(76)32-64-57(83)50(35(3)4)72-52(78)36(5)66-54(80)44(28-37-30-63-40-18-14-13-17-39(37)40)71-53(79)42(21-22-46(59)73)67-48(75)20-11-8-7-9-16-25-62-47(74)19-12-10-15-24-58/h13-14,17-18,30-31,33-36,41-45,50,63H,7-12,15-16,19-29,32,58H2,1-6H3,(H2,59,73)(H2,60,77)(H,61,65)(H,62,74)(H,64,83)(H,66,80)(H,67,75)(H,68,76)(H,69,81)(H,70,82)(H,71,79)(H,72,78)/t36-,41-,42-,43-,44-,45-,50-/m0/s1.